The number of para-hydroxylation sites is 5. The van der Waals surface area contributed by atoms with Gasteiger partial charge in [0, 0.05) is 49.6 Å². The van der Waals surface area contributed by atoms with Crippen molar-refractivity contribution in [1.29, 1.82) is 0 Å². The van der Waals surface area contributed by atoms with Gasteiger partial charge in [0.2, 0.25) is 0 Å². The second-order valence-electron chi connectivity index (χ2n) is 18.5. The largest absolute Gasteiger partial charge is 0.455 e. The molecule has 0 saturated carbocycles. The molecule has 0 aliphatic carbocycles. The first kappa shape index (κ1) is 40.6. The first-order valence-electron chi connectivity index (χ1n) is 24.3. The number of fused-ring (bicyclic) bond motifs is 8. The quantitative estimate of drug-likeness (QED) is 0.151. The van der Waals surface area contributed by atoms with Crippen LogP contribution in [0, 0.1) is 0 Å². The van der Waals surface area contributed by atoms with E-state index in [-0.39, 0.29) is 0 Å². The predicted octanol–water partition coefficient (Wildman–Crippen LogP) is 19.1. The minimum atomic E-state index is 0.879. The van der Waals surface area contributed by atoms with Gasteiger partial charge in [-0.15, -0.1) is 0 Å². The van der Waals surface area contributed by atoms with Crippen LogP contribution < -0.4 is 4.90 Å². The van der Waals surface area contributed by atoms with Crippen LogP contribution in [0.25, 0.3) is 115 Å². The number of furan rings is 1. The second-order valence-corrected chi connectivity index (χ2v) is 18.5. The van der Waals surface area contributed by atoms with E-state index in [1.165, 1.54) is 54.7 Å². The maximum absolute atomic E-state index is 6.86. The van der Waals surface area contributed by atoms with Crippen molar-refractivity contribution in [2.24, 2.45) is 0 Å². The monoisotopic (exact) mass is 904 g/mol. The van der Waals surface area contributed by atoms with Crippen molar-refractivity contribution in [2.75, 3.05) is 4.90 Å². The maximum atomic E-state index is 6.86. The number of hydrogen-bond acceptors (Lipinski definition) is 2. The summed E-state index contributed by atoms with van der Waals surface area (Å²) in [6.07, 6.45) is 0. The van der Waals surface area contributed by atoms with E-state index in [4.69, 9.17) is 4.42 Å². The fourth-order valence-electron chi connectivity index (χ4n) is 11.0. The number of nitrogens with zero attached hydrogens (tertiary/aromatic N) is 2. The van der Waals surface area contributed by atoms with Gasteiger partial charge in [0.15, 0.2) is 0 Å². The third-order valence-corrected chi connectivity index (χ3v) is 14.4. The van der Waals surface area contributed by atoms with Gasteiger partial charge in [0.25, 0.3) is 0 Å². The van der Waals surface area contributed by atoms with Crippen molar-refractivity contribution in [3.63, 3.8) is 0 Å². The Hall–Kier alpha value is -9.44. The summed E-state index contributed by atoms with van der Waals surface area (Å²) in [7, 11) is 0. The summed E-state index contributed by atoms with van der Waals surface area (Å²) in [4.78, 5) is 2.39. The number of anilines is 3. The fourth-order valence-corrected chi connectivity index (χ4v) is 11.0. The second kappa shape index (κ2) is 16.7. The van der Waals surface area contributed by atoms with Crippen LogP contribution in [0.5, 0.6) is 0 Å². The lowest BCUT2D eigenvalue weighted by molar-refractivity contribution is 0.670. The molecule has 2 aromatic heterocycles. The molecule has 0 N–H and O–H groups in total. The SMILES string of the molecule is c1cc(-c2ccc(N(c3ccc(-c4ccccc4-n4c5ccccc5c5ccccc54)cc3)c3ccccc3-c3cccc4c3oc3cc5ccccc5cc34)cc2)cc(-c2ccc3ccccc3c2)c1. The van der Waals surface area contributed by atoms with Crippen LogP contribution in [0.3, 0.4) is 0 Å². The summed E-state index contributed by atoms with van der Waals surface area (Å²) >= 11 is 0. The van der Waals surface area contributed by atoms with E-state index in [1.54, 1.807) is 0 Å². The van der Waals surface area contributed by atoms with Crippen LogP contribution >= 0.6 is 0 Å². The summed E-state index contributed by atoms with van der Waals surface area (Å²) < 4.78 is 9.27. The van der Waals surface area contributed by atoms with Gasteiger partial charge in [-0.3, -0.25) is 0 Å². The third-order valence-electron chi connectivity index (χ3n) is 14.4. The first-order chi connectivity index (χ1) is 35.2. The van der Waals surface area contributed by atoms with E-state index in [0.29, 0.717) is 0 Å². The molecule has 2 heterocycles. The molecule has 71 heavy (non-hydrogen) atoms. The Morgan fingerprint density at radius 2 is 0.803 bits per heavy atom. The molecular weight excluding hydrogens is 861 g/mol. The molecule has 0 unspecified atom stereocenters. The molecule has 0 spiro atoms. The van der Waals surface area contributed by atoms with Crippen LogP contribution in [-0.2, 0) is 0 Å². The molecule has 3 heteroatoms. The predicted molar refractivity (Wildman–Crippen MR) is 299 cm³/mol. The molecule has 0 fully saturated rings. The van der Waals surface area contributed by atoms with Crippen LogP contribution in [0.15, 0.2) is 271 Å². The minimum absolute atomic E-state index is 0.879. The maximum Gasteiger partial charge on any atom is 0.143 e. The van der Waals surface area contributed by atoms with Crippen LogP contribution in [-0.4, -0.2) is 4.57 Å². The summed E-state index contributed by atoms with van der Waals surface area (Å²) in [5.41, 5.74) is 17.6. The van der Waals surface area contributed by atoms with Crippen molar-refractivity contribution >= 4 is 82.4 Å². The third kappa shape index (κ3) is 6.89. The number of hydrogen-bond donors (Lipinski definition) is 0. The smallest absolute Gasteiger partial charge is 0.143 e. The molecule has 0 bridgehead atoms. The Kier molecular flexibility index (Phi) is 9.53. The van der Waals surface area contributed by atoms with E-state index in [9.17, 15) is 0 Å². The van der Waals surface area contributed by atoms with Gasteiger partial charge in [-0.05, 0) is 122 Å². The molecule has 3 nitrogen and oxygen atoms in total. The molecule has 0 aliphatic heterocycles. The van der Waals surface area contributed by atoms with E-state index in [2.05, 4.69) is 276 Å². The van der Waals surface area contributed by atoms with Crippen LogP contribution in [0.1, 0.15) is 0 Å². The fraction of sp³-hybridized carbons (Fsp3) is 0. The summed E-state index contributed by atoms with van der Waals surface area (Å²) in [6.45, 7) is 0. The molecule has 12 aromatic carbocycles. The van der Waals surface area contributed by atoms with E-state index in [1.807, 2.05) is 0 Å². The number of aromatic nitrogens is 1. The van der Waals surface area contributed by atoms with E-state index < -0.39 is 0 Å². The van der Waals surface area contributed by atoms with Gasteiger partial charge in [0.1, 0.15) is 11.2 Å². The molecule has 0 atom stereocenters. The van der Waals surface area contributed by atoms with Gasteiger partial charge in [-0.25, -0.2) is 0 Å². The highest BCUT2D eigenvalue weighted by molar-refractivity contribution is 6.14. The number of rotatable bonds is 8. The molecule has 14 rings (SSSR count). The Bertz CT molecular complexity index is 4290. The molecule has 332 valence electrons. The molecular formula is C68H44N2O. The normalized spacial score (nSPS) is 11.7. The zero-order valence-electron chi connectivity index (χ0n) is 38.7. The zero-order chi connectivity index (χ0) is 46.8. The lowest BCUT2D eigenvalue weighted by Gasteiger charge is -2.28. The summed E-state index contributed by atoms with van der Waals surface area (Å²) in [5.74, 6) is 0. The van der Waals surface area contributed by atoms with Gasteiger partial charge in [-0.2, -0.15) is 0 Å². The topological polar surface area (TPSA) is 21.3 Å². The molecule has 0 amide bonds. The molecule has 0 saturated heterocycles. The Morgan fingerprint density at radius 3 is 1.54 bits per heavy atom. The minimum Gasteiger partial charge on any atom is -0.455 e. The standard InChI is InChI=1S/C68H44N2O/c1-2-16-48-42-53(32-31-45(48)15-1)50-20-13-19-49(41-50)46-33-37-54(38-34-46)69(64-28-10-8-24-59(64)60-25-14-26-61-62-43-51-17-3-4-18-52(51)44-67(62)71-68(60)61)55-39-35-47(36-40-55)56-21-5-9-27-63(56)70-65-29-11-6-22-57(65)58-23-7-12-30-66(58)70/h1-44H. The molecule has 0 aliphatic rings. The highest BCUT2D eigenvalue weighted by atomic mass is 16.3. The van der Waals surface area contributed by atoms with Crippen molar-refractivity contribution in [2.45, 2.75) is 0 Å². The highest BCUT2D eigenvalue weighted by Gasteiger charge is 2.22. The first-order valence-corrected chi connectivity index (χ1v) is 24.3. The van der Waals surface area contributed by atoms with Gasteiger partial charge in [-0.1, -0.05) is 194 Å². The Labute approximate surface area is 411 Å². The van der Waals surface area contributed by atoms with Crippen molar-refractivity contribution in [3.05, 3.63) is 267 Å². The van der Waals surface area contributed by atoms with Crippen LogP contribution in [0.4, 0.5) is 17.1 Å². The summed E-state index contributed by atoms with van der Waals surface area (Å²) in [5, 5.41) is 9.57. The van der Waals surface area contributed by atoms with Crippen molar-refractivity contribution in [3.8, 4) is 50.2 Å². The lowest BCUT2D eigenvalue weighted by Crippen LogP contribution is -2.11. The van der Waals surface area contributed by atoms with Gasteiger partial charge in [0.05, 0.1) is 22.4 Å². The van der Waals surface area contributed by atoms with Gasteiger partial charge < -0.3 is 13.9 Å². The Morgan fingerprint density at radius 1 is 0.296 bits per heavy atom. The van der Waals surface area contributed by atoms with Crippen molar-refractivity contribution in [1.82, 2.24) is 4.57 Å². The Balaban J connectivity index is 0.902. The molecule has 0 radical (unpaired) electrons. The van der Waals surface area contributed by atoms with E-state index in [0.717, 1.165) is 77.9 Å². The van der Waals surface area contributed by atoms with Crippen molar-refractivity contribution < 1.29 is 4.42 Å². The highest BCUT2D eigenvalue weighted by Crippen LogP contribution is 2.46. The number of benzene rings is 12. The average molecular weight is 905 g/mol. The zero-order valence-corrected chi connectivity index (χ0v) is 38.7. The average Bonchev–Trinajstić information content (AvgIpc) is 3.98. The summed E-state index contributed by atoms with van der Waals surface area (Å²) in [6, 6.07) is 96.7. The van der Waals surface area contributed by atoms with Gasteiger partial charge >= 0.3 is 0 Å². The lowest BCUT2D eigenvalue weighted by atomic mass is 9.96. The van der Waals surface area contributed by atoms with E-state index >= 15 is 0 Å². The molecule has 14 aromatic rings. The van der Waals surface area contributed by atoms with Crippen LogP contribution in [0.2, 0.25) is 0 Å².